The lowest BCUT2D eigenvalue weighted by Gasteiger charge is -2.07. The Bertz CT molecular complexity index is 369. The third-order valence-corrected chi connectivity index (χ3v) is 4.13. The Balaban J connectivity index is 2.13. The second-order valence-corrected chi connectivity index (χ2v) is 6.74. The van der Waals surface area contributed by atoms with Gasteiger partial charge in [0.15, 0.2) is 0 Å². The van der Waals surface area contributed by atoms with E-state index in [4.69, 9.17) is 5.73 Å². The van der Waals surface area contributed by atoms with Crippen LogP contribution in [0.3, 0.4) is 0 Å². The standard InChI is InChI=1S/C18H35N3/c1-4-5-6-7-8-9-10-11-12-13-17-16(14-15(2)3)18(19)21-20-17/h15H,4-14H2,1-3H3,(H3,19,20,21). The van der Waals surface area contributed by atoms with Crippen LogP contribution in [0.25, 0.3) is 0 Å². The number of hydrogen-bond donors (Lipinski definition) is 2. The first-order valence-corrected chi connectivity index (χ1v) is 8.96. The zero-order chi connectivity index (χ0) is 15.5. The zero-order valence-corrected chi connectivity index (χ0v) is 14.4. The summed E-state index contributed by atoms with van der Waals surface area (Å²) in [6.07, 6.45) is 14.5. The third-order valence-electron chi connectivity index (χ3n) is 4.13. The second kappa shape index (κ2) is 10.7. The second-order valence-electron chi connectivity index (χ2n) is 6.74. The number of nitrogens with zero attached hydrogens (tertiary/aromatic N) is 1. The van der Waals surface area contributed by atoms with Crippen LogP contribution in [0.5, 0.6) is 0 Å². The smallest absolute Gasteiger partial charge is 0.148 e. The van der Waals surface area contributed by atoms with Crippen LogP contribution >= 0.6 is 0 Å². The van der Waals surface area contributed by atoms with Gasteiger partial charge in [-0.1, -0.05) is 72.1 Å². The summed E-state index contributed by atoms with van der Waals surface area (Å²) in [6.45, 7) is 6.74. The maximum atomic E-state index is 5.96. The predicted octanol–water partition coefficient (Wildman–Crippen LogP) is 5.26. The molecule has 0 unspecified atom stereocenters. The summed E-state index contributed by atoms with van der Waals surface area (Å²) < 4.78 is 0. The van der Waals surface area contributed by atoms with Crippen LogP contribution in [-0.2, 0) is 12.8 Å². The highest BCUT2D eigenvalue weighted by molar-refractivity contribution is 5.42. The molecule has 0 aliphatic carbocycles. The fourth-order valence-corrected chi connectivity index (χ4v) is 2.87. The van der Waals surface area contributed by atoms with Crippen LogP contribution in [0.4, 0.5) is 5.82 Å². The molecule has 1 aromatic rings. The van der Waals surface area contributed by atoms with E-state index in [0.717, 1.165) is 12.8 Å². The molecule has 122 valence electrons. The number of unbranched alkanes of at least 4 members (excludes halogenated alkanes) is 8. The molecule has 3 nitrogen and oxygen atoms in total. The Morgan fingerprint density at radius 1 is 0.952 bits per heavy atom. The van der Waals surface area contributed by atoms with Gasteiger partial charge in [-0.25, -0.2) is 0 Å². The molecular weight excluding hydrogens is 258 g/mol. The van der Waals surface area contributed by atoms with E-state index in [9.17, 15) is 0 Å². The maximum absolute atomic E-state index is 5.96. The van der Waals surface area contributed by atoms with Crippen LogP contribution in [0.15, 0.2) is 0 Å². The van der Waals surface area contributed by atoms with E-state index in [0.29, 0.717) is 11.7 Å². The molecular formula is C18H35N3. The Labute approximate surface area is 131 Å². The highest BCUT2D eigenvalue weighted by atomic mass is 15.2. The number of aromatic nitrogens is 2. The molecule has 1 rings (SSSR count). The summed E-state index contributed by atoms with van der Waals surface area (Å²) in [5.41, 5.74) is 8.48. The quantitative estimate of drug-likeness (QED) is 0.516. The molecule has 21 heavy (non-hydrogen) atoms. The van der Waals surface area contributed by atoms with Gasteiger partial charge in [-0.3, -0.25) is 5.10 Å². The minimum atomic E-state index is 0.631. The number of nitrogen functional groups attached to an aromatic ring is 1. The van der Waals surface area contributed by atoms with Crippen LogP contribution in [0.2, 0.25) is 0 Å². The van der Waals surface area contributed by atoms with Gasteiger partial charge in [0.2, 0.25) is 0 Å². The van der Waals surface area contributed by atoms with Crippen molar-refractivity contribution in [3.63, 3.8) is 0 Å². The molecule has 0 saturated heterocycles. The number of aryl methyl sites for hydroxylation is 1. The van der Waals surface area contributed by atoms with Crippen molar-refractivity contribution in [2.75, 3.05) is 5.73 Å². The van der Waals surface area contributed by atoms with Gasteiger partial charge in [-0.15, -0.1) is 0 Å². The van der Waals surface area contributed by atoms with Crippen molar-refractivity contribution in [1.82, 2.24) is 10.2 Å². The van der Waals surface area contributed by atoms with E-state index >= 15 is 0 Å². The van der Waals surface area contributed by atoms with Crippen LogP contribution in [0.1, 0.15) is 89.8 Å². The van der Waals surface area contributed by atoms with Crippen molar-refractivity contribution >= 4 is 5.82 Å². The van der Waals surface area contributed by atoms with Crippen LogP contribution < -0.4 is 5.73 Å². The fourth-order valence-electron chi connectivity index (χ4n) is 2.87. The van der Waals surface area contributed by atoms with Crippen molar-refractivity contribution in [2.45, 2.75) is 91.4 Å². The number of nitrogens with two attached hydrogens (primary N) is 1. The highest BCUT2D eigenvalue weighted by Crippen LogP contribution is 2.20. The van der Waals surface area contributed by atoms with Crippen molar-refractivity contribution in [3.05, 3.63) is 11.3 Å². The molecule has 0 aliphatic heterocycles. The number of hydrogen-bond acceptors (Lipinski definition) is 2. The van der Waals surface area contributed by atoms with E-state index in [-0.39, 0.29) is 0 Å². The average molecular weight is 293 g/mol. The van der Waals surface area contributed by atoms with E-state index in [1.54, 1.807) is 0 Å². The summed E-state index contributed by atoms with van der Waals surface area (Å²) in [5.74, 6) is 1.33. The number of H-pyrrole nitrogens is 1. The molecule has 0 aromatic carbocycles. The Morgan fingerprint density at radius 3 is 2.10 bits per heavy atom. The van der Waals surface area contributed by atoms with E-state index < -0.39 is 0 Å². The van der Waals surface area contributed by atoms with Crippen LogP contribution in [-0.4, -0.2) is 10.2 Å². The van der Waals surface area contributed by atoms with Gasteiger partial charge in [0.1, 0.15) is 5.82 Å². The van der Waals surface area contributed by atoms with Gasteiger partial charge in [0.05, 0.1) is 0 Å². The molecule has 0 bridgehead atoms. The van der Waals surface area contributed by atoms with Crippen molar-refractivity contribution in [1.29, 1.82) is 0 Å². The van der Waals surface area contributed by atoms with Gasteiger partial charge < -0.3 is 5.73 Å². The van der Waals surface area contributed by atoms with E-state index in [2.05, 4.69) is 31.0 Å². The van der Waals surface area contributed by atoms with Gasteiger partial charge in [-0.2, -0.15) is 5.10 Å². The largest absolute Gasteiger partial charge is 0.382 e. The van der Waals surface area contributed by atoms with E-state index in [1.807, 2.05) is 0 Å². The molecule has 0 amide bonds. The molecule has 1 aromatic heterocycles. The number of nitrogens with one attached hydrogen (secondary N) is 1. The zero-order valence-electron chi connectivity index (χ0n) is 14.4. The van der Waals surface area contributed by atoms with Gasteiger partial charge >= 0.3 is 0 Å². The Kier molecular flexibility index (Phi) is 9.20. The molecule has 1 heterocycles. The van der Waals surface area contributed by atoms with Crippen molar-refractivity contribution < 1.29 is 0 Å². The first-order valence-electron chi connectivity index (χ1n) is 8.96. The molecule has 0 fully saturated rings. The lowest BCUT2D eigenvalue weighted by atomic mass is 9.99. The van der Waals surface area contributed by atoms with Crippen molar-refractivity contribution in [3.8, 4) is 0 Å². The lowest BCUT2D eigenvalue weighted by molar-refractivity contribution is 0.562. The van der Waals surface area contributed by atoms with Crippen molar-refractivity contribution in [2.24, 2.45) is 5.92 Å². The highest BCUT2D eigenvalue weighted by Gasteiger charge is 2.11. The Morgan fingerprint density at radius 2 is 1.52 bits per heavy atom. The molecule has 0 spiro atoms. The molecule has 0 aliphatic rings. The first-order chi connectivity index (χ1) is 10.1. The van der Waals surface area contributed by atoms with Gasteiger partial charge in [-0.05, 0) is 25.2 Å². The average Bonchev–Trinajstić information content (AvgIpc) is 2.78. The lowest BCUT2D eigenvalue weighted by Crippen LogP contribution is -2.01. The summed E-state index contributed by atoms with van der Waals surface area (Å²) in [4.78, 5) is 0. The van der Waals surface area contributed by atoms with Gasteiger partial charge in [0, 0.05) is 11.3 Å². The number of rotatable bonds is 12. The van der Waals surface area contributed by atoms with Crippen LogP contribution in [0, 0.1) is 5.92 Å². The molecule has 0 radical (unpaired) electrons. The van der Waals surface area contributed by atoms with Gasteiger partial charge in [0.25, 0.3) is 0 Å². The number of aromatic amines is 1. The van der Waals surface area contributed by atoms with E-state index in [1.165, 1.54) is 69.0 Å². The minimum Gasteiger partial charge on any atom is -0.382 e. The SMILES string of the molecule is CCCCCCCCCCCc1[nH]nc(N)c1CC(C)C. The predicted molar refractivity (Wildman–Crippen MR) is 92.5 cm³/mol. The molecule has 3 heteroatoms. The summed E-state index contributed by atoms with van der Waals surface area (Å²) in [5, 5.41) is 7.31. The third kappa shape index (κ3) is 7.54. The minimum absolute atomic E-state index is 0.631. The maximum Gasteiger partial charge on any atom is 0.148 e. The monoisotopic (exact) mass is 293 g/mol. The summed E-state index contributed by atoms with van der Waals surface area (Å²) >= 11 is 0. The summed E-state index contributed by atoms with van der Waals surface area (Å²) in [7, 11) is 0. The fraction of sp³-hybridized carbons (Fsp3) is 0.833. The molecule has 0 atom stereocenters. The Hall–Kier alpha value is -0.990. The summed E-state index contributed by atoms with van der Waals surface area (Å²) in [6, 6.07) is 0. The topological polar surface area (TPSA) is 54.7 Å². The first kappa shape index (κ1) is 18.1. The number of anilines is 1. The molecule has 3 N–H and O–H groups in total. The molecule has 0 saturated carbocycles. The normalized spacial score (nSPS) is 11.4.